The molecule has 6 nitrogen and oxygen atoms in total. The molecule has 0 aromatic heterocycles. The van der Waals surface area contributed by atoms with Crippen LogP contribution >= 0.6 is 0 Å². The number of urea groups is 1. The number of anilines is 1. The van der Waals surface area contributed by atoms with Crippen LogP contribution in [0.15, 0.2) is 29.2 Å². The van der Waals surface area contributed by atoms with Gasteiger partial charge in [-0.2, -0.15) is 0 Å². The van der Waals surface area contributed by atoms with Gasteiger partial charge in [-0.15, -0.1) is 0 Å². The van der Waals surface area contributed by atoms with E-state index in [4.69, 9.17) is 5.14 Å². The summed E-state index contributed by atoms with van der Waals surface area (Å²) >= 11 is 0. The Hall–Kier alpha value is -1.60. The van der Waals surface area contributed by atoms with Gasteiger partial charge < -0.3 is 10.6 Å². The highest BCUT2D eigenvalue weighted by molar-refractivity contribution is 7.89. The van der Waals surface area contributed by atoms with Crippen molar-refractivity contribution in [1.29, 1.82) is 0 Å². The number of sulfonamides is 1. The molecular weight excluding hydrogens is 302 g/mol. The van der Waals surface area contributed by atoms with Crippen LogP contribution in [0.1, 0.15) is 33.1 Å². The largest absolute Gasteiger partial charge is 0.335 e. The van der Waals surface area contributed by atoms with E-state index in [1.807, 2.05) is 0 Å². The van der Waals surface area contributed by atoms with E-state index in [9.17, 15) is 13.2 Å². The second kappa shape index (κ2) is 6.66. The Morgan fingerprint density at radius 2 is 1.82 bits per heavy atom. The molecule has 0 heterocycles. The van der Waals surface area contributed by atoms with Crippen molar-refractivity contribution < 1.29 is 13.2 Å². The van der Waals surface area contributed by atoms with Crippen LogP contribution in [-0.4, -0.2) is 20.5 Å². The Morgan fingerprint density at radius 3 is 2.41 bits per heavy atom. The second-order valence-corrected chi connectivity index (χ2v) is 7.60. The first-order valence-corrected chi connectivity index (χ1v) is 9.02. The highest BCUT2D eigenvalue weighted by Crippen LogP contribution is 2.29. The summed E-state index contributed by atoms with van der Waals surface area (Å²) in [5, 5.41) is 10.7. The van der Waals surface area contributed by atoms with Crippen LogP contribution in [0, 0.1) is 11.8 Å². The first-order chi connectivity index (χ1) is 10.3. The van der Waals surface area contributed by atoms with E-state index < -0.39 is 10.0 Å². The Balaban J connectivity index is 1.94. The summed E-state index contributed by atoms with van der Waals surface area (Å²) in [4.78, 5) is 12.1. The normalized spacial score (nSPS) is 25.5. The van der Waals surface area contributed by atoms with E-state index in [1.54, 1.807) is 0 Å². The molecule has 0 aliphatic heterocycles. The van der Waals surface area contributed by atoms with E-state index in [1.165, 1.54) is 30.7 Å². The molecule has 1 fully saturated rings. The highest BCUT2D eigenvalue weighted by atomic mass is 32.2. The monoisotopic (exact) mass is 325 g/mol. The standard InChI is InChI=1S/C15H23N3O3S/c1-10-4-3-5-14(11(10)2)18-15(19)17-12-6-8-13(9-7-12)22(16,20)21/h6-11,14H,3-5H2,1-2H3,(H2,16,20,21)(H2,17,18,19). The predicted octanol–water partition coefficient (Wildman–Crippen LogP) is 2.28. The van der Waals surface area contributed by atoms with Gasteiger partial charge in [0.25, 0.3) is 0 Å². The van der Waals surface area contributed by atoms with Gasteiger partial charge in [0.1, 0.15) is 0 Å². The molecule has 0 radical (unpaired) electrons. The van der Waals surface area contributed by atoms with E-state index in [0.717, 1.165) is 12.8 Å². The number of primary sulfonamides is 1. The Morgan fingerprint density at radius 1 is 1.18 bits per heavy atom. The number of nitrogens with two attached hydrogens (primary N) is 1. The zero-order chi connectivity index (χ0) is 16.3. The van der Waals surface area contributed by atoms with Crippen molar-refractivity contribution in [2.24, 2.45) is 17.0 Å². The summed E-state index contributed by atoms with van der Waals surface area (Å²) in [7, 11) is -3.71. The third kappa shape index (κ3) is 4.20. The van der Waals surface area contributed by atoms with E-state index in [2.05, 4.69) is 24.5 Å². The molecular formula is C15H23N3O3S. The molecule has 3 unspecified atom stereocenters. The number of hydrogen-bond acceptors (Lipinski definition) is 3. The van der Waals surface area contributed by atoms with Gasteiger partial charge in [0.15, 0.2) is 0 Å². The van der Waals surface area contributed by atoms with E-state index in [0.29, 0.717) is 17.5 Å². The van der Waals surface area contributed by atoms with Crippen LogP contribution in [0.5, 0.6) is 0 Å². The highest BCUT2D eigenvalue weighted by Gasteiger charge is 2.28. The van der Waals surface area contributed by atoms with E-state index >= 15 is 0 Å². The van der Waals surface area contributed by atoms with Gasteiger partial charge >= 0.3 is 6.03 Å². The zero-order valence-electron chi connectivity index (χ0n) is 12.9. The van der Waals surface area contributed by atoms with Crippen molar-refractivity contribution in [2.45, 2.75) is 44.0 Å². The zero-order valence-corrected chi connectivity index (χ0v) is 13.7. The average Bonchev–Trinajstić information content (AvgIpc) is 2.43. The Bertz CT molecular complexity index is 628. The lowest BCUT2D eigenvalue weighted by molar-refractivity contribution is 0.201. The van der Waals surface area contributed by atoms with E-state index in [-0.39, 0.29) is 17.0 Å². The summed E-state index contributed by atoms with van der Waals surface area (Å²) in [6.45, 7) is 4.37. The molecule has 3 atom stereocenters. The molecule has 122 valence electrons. The first-order valence-electron chi connectivity index (χ1n) is 7.48. The molecule has 1 aromatic carbocycles. The van der Waals surface area contributed by atoms with Crippen LogP contribution in [0.2, 0.25) is 0 Å². The van der Waals surface area contributed by atoms with Crippen LogP contribution in [0.4, 0.5) is 10.5 Å². The average molecular weight is 325 g/mol. The van der Waals surface area contributed by atoms with Gasteiger partial charge in [0.05, 0.1) is 4.90 Å². The van der Waals surface area contributed by atoms with Gasteiger partial charge in [-0.25, -0.2) is 18.4 Å². The molecule has 1 saturated carbocycles. The summed E-state index contributed by atoms with van der Waals surface area (Å²) in [6, 6.07) is 5.69. The van der Waals surface area contributed by atoms with Crippen LogP contribution in [0.25, 0.3) is 0 Å². The summed E-state index contributed by atoms with van der Waals surface area (Å²) in [6.07, 6.45) is 3.32. The Kier molecular flexibility index (Phi) is 5.08. The topological polar surface area (TPSA) is 101 Å². The third-order valence-corrected chi connectivity index (χ3v) is 5.39. The van der Waals surface area contributed by atoms with Gasteiger partial charge in [-0.1, -0.05) is 26.7 Å². The lowest BCUT2D eigenvalue weighted by atomic mass is 9.78. The molecule has 4 N–H and O–H groups in total. The van der Waals surface area contributed by atoms with Crippen molar-refractivity contribution in [3.8, 4) is 0 Å². The number of carbonyl (C=O) groups is 1. The molecule has 0 bridgehead atoms. The van der Waals surface area contributed by atoms with Gasteiger partial charge in [0, 0.05) is 11.7 Å². The number of amides is 2. The fourth-order valence-electron chi connectivity index (χ4n) is 2.85. The minimum absolute atomic E-state index is 0.0215. The minimum Gasteiger partial charge on any atom is -0.335 e. The quantitative estimate of drug-likeness (QED) is 0.794. The van der Waals surface area contributed by atoms with Crippen LogP contribution < -0.4 is 15.8 Å². The lowest BCUT2D eigenvalue weighted by Gasteiger charge is -2.34. The van der Waals surface area contributed by atoms with Gasteiger partial charge in [-0.3, -0.25) is 0 Å². The lowest BCUT2D eigenvalue weighted by Crippen LogP contribution is -2.45. The molecule has 2 rings (SSSR count). The maximum absolute atomic E-state index is 12.0. The van der Waals surface area contributed by atoms with Crippen molar-refractivity contribution in [3.63, 3.8) is 0 Å². The summed E-state index contributed by atoms with van der Waals surface area (Å²) < 4.78 is 22.3. The van der Waals surface area contributed by atoms with Crippen LogP contribution in [-0.2, 0) is 10.0 Å². The molecule has 7 heteroatoms. The van der Waals surface area contributed by atoms with Crippen molar-refractivity contribution in [1.82, 2.24) is 5.32 Å². The fourth-order valence-corrected chi connectivity index (χ4v) is 3.36. The van der Waals surface area contributed by atoms with Gasteiger partial charge in [-0.05, 0) is 42.5 Å². The summed E-state index contributed by atoms with van der Waals surface area (Å²) in [5.41, 5.74) is 0.529. The molecule has 22 heavy (non-hydrogen) atoms. The fraction of sp³-hybridized carbons (Fsp3) is 0.533. The maximum Gasteiger partial charge on any atom is 0.319 e. The number of carbonyl (C=O) groups excluding carboxylic acids is 1. The smallest absolute Gasteiger partial charge is 0.319 e. The van der Waals surface area contributed by atoms with Crippen molar-refractivity contribution in [3.05, 3.63) is 24.3 Å². The molecule has 1 aromatic rings. The van der Waals surface area contributed by atoms with Gasteiger partial charge in [0.2, 0.25) is 10.0 Å². The number of benzene rings is 1. The molecule has 2 amide bonds. The SMILES string of the molecule is CC1CCCC(NC(=O)Nc2ccc(S(N)(=O)=O)cc2)C1C. The molecule has 1 aliphatic carbocycles. The summed E-state index contributed by atoms with van der Waals surface area (Å²) in [5.74, 6) is 1.05. The predicted molar refractivity (Wildman–Crippen MR) is 85.9 cm³/mol. The molecule has 0 spiro atoms. The molecule has 0 saturated heterocycles. The third-order valence-electron chi connectivity index (χ3n) is 4.46. The maximum atomic E-state index is 12.0. The van der Waals surface area contributed by atoms with Crippen molar-refractivity contribution in [2.75, 3.05) is 5.32 Å². The Labute approximate surface area is 131 Å². The van der Waals surface area contributed by atoms with Crippen LogP contribution in [0.3, 0.4) is 0 Å². The number of nitrogens with one attached hydrogen (secondary N) is 2. The minimum atomic E-state index is -3.71. The molecule has 1 aliphatic rings. The first kappa shape index (κ1) is 16.8. The van der Waals surface area contributed by atoms with Crippen molar-refractivity contribution >= 4 is 21.7 Å². The number of hydrogen-bond donors (Lipinski definition) is 3. The number of rotatable bonds is 3. The second-order valence-electron chi connectivity index (χ2n) is 6.04.